The van der Waals surface area contributed by atoms with Crippen LogP contribution in [0.25, 0.3) is 0 Å². The van der Waals surface area contributed by atoms with Crippen LogP contribution in [0.4, 0.5) is 5.69 Å². The minimum atomic E-state index is -3.18. The average Bonchev–Trinajstić information content (AvgIpc) is 2.33. The summed E-state index contributed by atoms with van der Waals surface area (Å²) in [6.07, 6.45) is 4.85. The highest BCUT2D eigenvalue weighted by Crippen LogP contribution is 2.32. The molecule has 1 aliphatic carbocycles. The molecule has 2 rings (SSSR count). The summed E-state index contributed by atoms with van der Waals surface area (Å²) >= 11 is 0. The lowest BCUT2D eigenvalue weighted by Gasteiger charge is -2.34. The molecular weight excluding hydrogens is 258 g/mol. The highest BCUT2D eigenvalue weighted by atomic mass is 32.2. The van der Waals surface area contributed by atoms with E-state index in [0.29, 0.717) is 22.8 Å². The van der Waals surface area contributed by atoms with Crippen molar-refractivity contribution in [2.75, 3.05) is 11.6 Å². The second kappa shape index (κ2) is 5.53. The van der Waals surface area contributed by atoms with Crippen molar-refractivity contribution >= 4 is 15.5 Å². The van der Waals surface area contributed by atoms with E-state index in [9.17, 15) is 8.42 Å². The molecule has 1 aromatic carbocycles. The fourth-order valence-corrected chi connectivity index (χ4v) is 3.69. The Kier molecular flexibility index (Phi) is 4.19. The first-order chi connectivity index (χ1) is 8.88. The Labute approximate surface area is 116 Å². The molecule has 3 unspecified atom stereocenters. The Morgan fingerprint density at radius 1 is 1.16 bits per heavy atom. The van der Waals surface area contributed by atoms with Crippen LogP contribution in [0.2, 0.25) is 0 Å². The van der Waals surface area contributed by atoms with Gasteiger partial charge in [-0.1, -0.05) is 32.4 Å². The highest BCUT2D eigenvalue weighted by Gasteiger charge is 2.26. The van der Waals surface area contributed by atoms with E-state index in [0.717, 1.165) is 12.1 Å². The lowest BCUT2D eigenvalue weighted by atomic mass is 9.80. The minimum absolute atomic E-state index is 0.367. The highest BCUT2D eigenvalue weighted by molar-refractivity contribution is 7.90. The van der Waals surface area contributed by atoms with Crippen LogP contribution in [-0.2, 0) is 9.84 Å². The molecule has 0 aromatic heterocycles. The predicted molar refractivity (Wildman–Crippen MR) is 79.1 cm³/mol. The monoisotopic (exact) mass is 281 g/mol. The predicted octanol–water partition coefficient (Wildman–Crippen LogP) is 3.33. The Hall–Kier alpha value is -1.03. The maximum absolute atomic E-state index is 11.8. The summed E-state index contributed by atoms with van der Waals surface area (Å²) in [5.74, 6) is 1.29. The summed E-state index contributed by atoms with van der Waals surface area (Å²) in [6.45, 7) is 4.51. The van der Waals surface area contributed by atoms with Gasteiger partial charge in [0.2, 0.25) is 0 Å². The number of hydrogen-bond acceptors (Lipinski definition) is 3. The number of benzene rings is 1. The second-order valence-corrected chi connectivity index (χ2v) is 7.90. The number of para-hydroxylation sites is 1. The molecule has 1 aliphatic rings. The van der Waals surface area contributed by atoms with E-state index < -0.39 is 9.84 Å². The number of anilines is 1. The number of hydrogen-bond donors (Lipinski definition) is 1. The summed E-state index contributed by atoms with van der Waals surface area (Å²) < 4.78 is 23.6. The summed E-state index contributed by atoms with van der Waals surface area (Å²) in [6, 6.07) is 7.56. The van der Waals surface area contributed by atoms with Crippen molar-refractivity contribution in [3.8, 4) is 0 Å². The number of rotatable bonds is 3. The molecule has 19 heavy (non-hydrogen) atoms. The van der Waals surface area contributed by atoms with Gasteiger partial charge in [0.25, 0.3) is 0 Å². The van der Waals surface area contributed by atoms with Crippen molar-refractivity contribution in [2.24, 2.45) is 11.8 Å². The summed E-state index contributed by atoms with van der Waals surface area (Å²) in [5.41, 5.74) is 0.746. The van der Waals surface area contributed by atoms with Crippen LogP contribution in [0.5, 0.6) is 0 Å². The molecule has 1 saturated carbocycles. The number of nitrogens with one attached hydrogen (secondary N) is 1. The normalized spacial score (nSPS) is 28.1. The van der Waals surface area contributed by atoms with E-state index in [1.807, 2.05) is 12.1 Å². The van der Waals surface area contributed by atoms with Crippen LogP contribution in [0, 0.1) is 11.8 Å². The van der Waals surface area contributed by atoms with Crippen molar-refractivity contribution < 1.29 is 8.42 Å². The van der Waals surface area contributed by atoms with Gasteiger partial charge in [-0.25, -0.2) is 8.42 Å². The zero-order chi connectivity index (χ0) is 14.0. The molecule has 1 aromatic rings. The molecule has 0 saturated heterocycles. The molecule has 0 amide bonds. The molecule has 3 nitrogen and oxygen atoms in total. The third-order valence-corrected chi connectivity index (χ3v) is 5.24. The van der Waals surface area contributed by atoms with Crippen molar-refractivity contribution in [1.82, 2.24) is 0 Å². The second-order valence-electron chi connectivity index (χ2n) is 5.91. The molecule has 0 heterocycles. The third-order valence-electron chi connectivity index (χ3n) is 4.09. The van der Waals surface area contributed by atoms with Crippen LogP contribution in [0.15, 0.2) is 29.2 Å². The molecule has 1 N–H and O–H groups in total. The fraction of sp³-hybridized carbons (Fsp3) is 0.600. The maximum atomic E-state index is 11.8. The summed E-state index contributed by atoms with van der Waals surface area (Å²) in [5, 5.41) is 3.46. The molecule has 0 radical (unpaired) electrons. The van der Waals surface area contributed by atoms with Crippen LogP contribution in [0.3, 0.4) is 0 Å². The molecule has 0 aliphatic heterocycles. The molecular formula is C15H23NO2S. The first-order valence-electron chi connectivity index (χ1n) is 6.93. The first kappa shape index (κ1) is 14.4. The Bertz CT molecular complexity index is 539. The van der Waals surface area contributed by atoms with Gasteiger partial charge in [0, 0.05) is 12.3 Å². The van der Waals surface area contributed by atoms with Gasteiger partial charge in [-0.2, -0.15) is 0 Å². The zero-order valence-electron chi connectivity index (χ0n) is 11.9. The van der Waals surface area contributed by atoms with E-state index >= 15 is 0 Å². The number of sulfone groups is 1. The average molecular weight is 281 g/mol. The Morgan fingerprint density at radius 3 is 2.53 bits per heavy atom. The van der Waals surface area contributed by atoms with Gasteiger partial charge in [0.05, 0.1) is 10.6 Å². The van der Waals surface area contributed by atoms with Gasteiger partial charge in [0.15, 0.2) is 9.84 Å². The van der Waals surface area contributed by atoms with Gasteiger partial charge in [-0.05, 0) is 36.8 Å². The SMILES string of the molecule is CC1CCC(C)C(Nc2ccccc2S(C)(=O)=O)C1. The summed E-state index contributed by atoms with van der Waals surface area (Å²) in [7, 11) is -3.18. The minimum Gasteiger partial charge on any atom is -0.381 e. The van der Waals surface area contributed by atoms with Crippen molar-refractivity contribution in [3.05, 3.63) is 24.3 Å². The lowest BCUT2D eigenvalue weighted by molar-refractivity contribution is 0.280. The molecule has 1 fully saturated rings. The summed E-state index contributed by atoms with van der Waals surface area (Å²) in [4.78, 5) is 0.403. The van der Waals surface area contributed by atoms with Gasteiger partial charge >= 0.3 is 0 Å². The van der Waals surface area contributed by atoms with E-state index in [1.54, 1.807) is 12.1 Å². The van der Waals surface area contributed by atoms with Gasteiger partial charge in [-0.3, -0.25) is 0 Å². The fourth-order valence-electron chi connectivity index (χ4n) is 2.84. The van der Waals surface area contributed by atoms with E-state index in [4.69, 9.17) is 0 Å². The van der Waals surface area contributed by atoms with Crippen LogP contribution in [0.1, 0.15) is 33.1 Å². The van der Waals surface area contributed by atoms with E-state index in [-0.39, 0.29) is 0 Å². The zero-order valence-corrected chi connectivity index (χ0v) is 12.7. The smallest absolute Gasteiger partial charge is 0.177 e. The van der Waals surface area contributed by atoms with E-state index in [2.05, 4.69) is 19.2 Å². The largest absolute Gasteiger partial charge is 0.381 e. The molecule has 106 valence electrons. The Balaban J connectivity index is 2.24. The van der Waals surface area contributed by atoms with Crippen LogP contribution < -0.4 is 5.32 Å². The van der Waals surface area contributed by atoms with Gasteiger partial charge < -0.3 is 5.32 Å². The quantitative estimate of drug-likeness (QED) is 0.924. The molecule has 3 atom stereocenters. The topological polar surface area (TPSA) is 46.2 Å². The van der Waals surface area contributed by atoms with Crippen LogP contribution in [-0.4, -0.2) is 20.7 Å². The molecule has 4 heteroatoms. The standard InChI is InChI=1S/C15H23NO2S/c1-11-8-9-12(2)14(10-11)16-13-6-4-5-7-15(13)19(3,17)18/h4-7,11-12,14,16H,8-10H2,1-3H3. The van der Waals surface area contributed by atoms with Crippen molar-refractivity contribution in [1.29, 1.82) is 0 Å². The first-order valence-corrected chi connectivity index (χ1v) is 8.82. The lowest BCUT2D eigenvalue weighted by Crippen LogP contribution is -2.33. The van der Waals surface area contributed by atoms with E-state index in [1.165, 1.54) is 19.1 Å². The molecule has 0 spiro atoms. The Morgan fingerprint density at radius 2 is 1.84 bits per heavy atom. The van der Waals surface area contributed by atoms with Gasteiger partial charge in [0.1, 0.15) is 0 Å². The third kappa shape index (κ3) is 3.50. The van der Waals surface area contributed by atoms with Gasteiger partial charge in [-0.15, -0.1) is 0 Å². The maximum Gasteiger partial charge on any atom is 0.177 e. The van der Waals surface area contributed by atoms with Crippen LogP contribution >= 0.6 is 0 Å². The van der Waals surface area contributed by atoms with Crippen molar-refractivity contribution in [2.45, 2.75) is 44.0 Å². The van der Waals surface area contributed by atoms with Crippen molar-refractivity contribution in [3.63, 3.8) is 0 Å². The molecule has 0 bridgehead atoms.